The number of phenolic OH excluding ortho intramolecular Hbond substituents is 1. The first-order chi connectivity index (χ1) is 22.9. The lowest BCUT2D eigenvalue weighted by Crippen LogP contribution is -2.30. The average molecular weight is 644 g/mol. The second-order valence-electron chi connectivity index (χ2n) is 12.0. The van der Waals surface area contributed by atoms with Crippen molar-refractivity contribution in [3.8, 4) is 11.8 Å². The van der Waals surface area contributed by atoms with Gasteiger partial charge in [0.1, 0.15) is 42.5 Å². The van der Waals surface area contributed by atoms with Crippen LogP contribution in [0.15, 0.2) is 30.5 Å². The molecule has 0 spiro atoms. The molecule has 1 amide bonds. The lowest BCUT2D eigenvalue weighted by molar-refractivity contribution is 0.0997. The Labute approximate surface area is 274 Å². The number of aromatic hydroxyl groups is 1. The fourth-order valence-electron chi connectivity index (χ4n) is 6.41. The maximum Gasteiger partial charge on any atom is 0.319 e. The van der Waals surface area contributed by atoms with E-state index in [4.69, 9.17) is 14.5 Å². The number of carbonyl (C=O) groups is 1. The number of hydrogen-bond donors (Lipinski definition) is 2. The predicted molar refractivity (Wildman–Crippen MR) is 178 cm³/mol. The van der Waals surface area contributed by atoms with Crippen LogP contribution in [0.3, 0.4) is 0 Å². The molecule has 47 heavy (non-hydrogen) atoms. The largest absolute Gasteiger partial charge is 0.508 e. The fourth-order valence-corrected chi connectivity index (χ4v) is 6.41. The van der Waals surface area contributed by atoms with Gasteiger partial charge in [0.15, 0.2) is 0 Å². The van der Waals surface area contributed by atoms with Crippen LogP contribution in [0.25, 0.3) is 10.8 Å². The minimum Gasteiger partial charge on any atom is -0.508 e. The topological polar surface area (TPSA) is 131 Å². The van der Waals surface area contributed by atoms with Crippen LogP contribution in [0.5, 0.6) is 11.8 Å². The van der Waals surface area contributed by atoms with Gasteiger partial charge in [0.05, 0.1) is 36.8 Å². The summed E-state index contributed by atoms with van der Waals surface area (Å²) >= 11 is 0. The number of nitrogens with one attached hydrogen (secondary N) is 1. The number of benzene rings is 2. The molecule has 3 aliphatic heterocycles. The molecule has 2 N–H and O–H groups in total. The molecular weight excluding hydrogens is 602 g/mol. The average Bonchev–Trinajstić information content (AvgIpc) is 3.58. The highest BCUT2D eigenvalue weighted by Gasteiger charge is 2.37. The van der Waals surface area contributed by atoms with Gasteiger partial charge in [-0.25, -0.2) is 9.07 Å². The second-order valence-corrected chi connectivity index (χ2v) is 12.0. The zero-order valence-corrected chi connectivity index (χ0v) is 27.2. The summed E-state index contributed by atoms with van der Waals surface area (Å²) in [7, 11) is 2.00. The van der Waals surface area contributed by atoms with Crippen LogP contribution in [0, 0.1) is 5.82 Å². The molecule has 3 aliphatic rings. The van der Waals surface area contributed by atoms with Crippen LogP contribution in [0.1, 0.15) is 59.5 Å². The van der Waals surface area contributed by atoms with Gasteiger partial charge in [-0.1, -0.05) is 31.8 Å². The van der Waals surface area contributed by atoms with Gasteiger partial charge in [0.25, 0.3) is 5.91 Å². The second kappa shape index (κ2) is 14.6. The number of hydrogen-bond acceptors (Lipinski definition) is 10. The predicted octanol–water partition coefficient (Wildman–Crippen LogP) is 4.31. The molecule has 2 fully saturated rings. The van der Waals surface area contributed by atoms with Crippen LogP contribution in [0.4, 0.5) is 15.9 Å². The molecule has 0 aliphatic carbocycles. The Kier molecular flexibility index (Phi) is 10.2. The van der Waals surface area contributed by atoms with Crippen molar-refractivity contribution < 1.29 is 23.8 Å². The van der Waals surface area contributed by atoms with Gasteiger partial charge in [-0.15, -0.1) is 5.10 Å². The summed E-state index contributed by atoms with van der Waals surface area (Å²) in [5, 5.41) is 23.8. The number of halogens is 1. The Morgan fingerprint density at radius 1 is 1.15 bits per heavy atom. The van der Waals surface area contributed by atoms with Gasteiger partial charge in [0.2, 0.25) is 0 Å². The van der Waals surface area contributed by atoms with Gasteiger partial charge in [-0.05, 0) is 61.9 Å². The highest BCUT2D eigenvalue weighted by atomic mass is 19.1. The Balaban J connectivity index is 0.00000124. The maximum absolute atomic E-state index is 14.9. The lowest BCUT2D eigenvalue weighted by Gasteiger charge is -2.23. The van der Waals surface area contributed by atoms with Crippen molar-refractivity contribution in [3.05, 3.63) is 58.8 Å². The van der Waals surface area contributed by atoms with Gasteiger partial charge in [-0.3, -0.25) is 4.79 Å². The van der Waals surface area contributed by atoms with Crippen molar-refractivity contribution in [2.45, 2.75) is 65.4 Å². The van der Waals surface area contributed by atoms with Gasteiger partial charge < -0.3 is 29.7 Å². The first-order valence-electron chi connectivity index (χ1n) is 16.4. The zero-order valence-electron chi connectivity index (χ0n) is 27.2. The molecule has 4 aromatic rings. The molecule has 2 aromatic carbocycles. The van der Waals surface area contributed by atoms with Crippen LogP contribution in [0.2, 0.25) is 13.6 Å². The molecule has 2 aromatic heterocycles. The van der Waals surface area contributed by atoms with E-state index in [0.717, 1.165) is 32.4 Å². The summed E-state index contributed by atoms with van der Waals surface area (Å²) in [5.41, 5.74) is 2.46. The minimum atomic E-state index is -0.353. The number of aromatic nitrogens is 5. The Hall–Kier alpha value is -4.30. The molecule has 12 nitrogen and oxygen atoms in total. The number of anilines is 2. The Morgan fingerprint density at radius 2 is 1.96 bits per heavy atom. The number of phenols is 1. The number of rotatable bonds is 7. The highest BCUT2D eigenvalue weighted by molar-refractivity contribution is 6.31. The molecule has 7 rings (SSSR count). The first-order valence-corrected chi connectivity index (χ1v) is 16.4. The van der Waals surface area contributed by atoms with Crippen LogP contribution >= 0.6 is 0 Å². The van der Waals surface area contributed by atoms with E-state index in [2.05, 4.69) is 20.6 Å². The number of carbonyl (C=O) groups excluding carboxylic acids is 1. The zero-order chi connectivity index (χ0) is 32.9. The van der Waals surface area contributed by atoms with Crippen LogP contribution < -0.4 is 19.9 Å². The van der Waals surface area contributed by atoms with Gasteiger partial charge in [-0.2, -0.15) is 9.97 Å². The number of aryl methyl sites for hydroxylation is 1. The molecule has 14 heteroatoms. The number of ether oxygens (including phenoxy) is 2. The van der Waals surface area contributed by atoms with E-state index < -0.39 is 0 Å². The number of piperidine rings is 1. The summed E-state index contributed by atoms with van der Waals surface area (Å²) in [6.45, 7) is 10.4. The van der Waals surface area contributed by atoms with Crippen LogP contribution in [-0.4, -0.2) is 82.6 Å². The van der Waals surface area contributed by atoms with E-state index in [9.17, 15) is 14.3 Å². The number of amides is 1. The lowest BCUT2D eigenvalue weighted by atomic mass is 9.88. The van der Waals surface area contributed by atoms with Gasteiger partial charge in [0, 0.05) is 31.1 Å². The molecule has 0 saturated carbocycles. The number of nitrogens with zero attached hydrogens (tertiary/aromatic N) is 7. The third-order valence-electron chi connectivity index (χ3n) is 8.60. The van der Waals surface area contributed by atoms with E-state index in [0.29, 0.717) is 83.6 Å². The third kappa shape index (κ3) is 6.89. The smallest absolute Gasteiger partial charge is 0.319 e. The quantitative estimate of drug-likeness (QED) is 0.281. The van der Waals surface area contributed by atoms with Crippen molar-refractivity contribution in [3.63, 3.8) is 0 Å². The highest BCUT2D eigenvalue weighted by Crippen LogP contribution is 2.41. The van der Waals surface area contributed by atoms with E-state index >= 15 is 0 Å². The molecule has 1 radical (unpaired) electrons. The van der Waals surface area contributed by atoms with E-state index in [1.54, 1.807) is 17.0 Å². The van der Waals surface area contributed by atoms with Crippen molar-refractivity contribution in [1.82, 2.24) is 30.3 Å². The molecule has 0 unspecified atom stereocenters. The van der Waals surface area contributed by atoms with Crippen molar-refractivity contribution in [2.75, 3.05) is 49.2 Å². The Morgan fingerprint density at radius 3 is 2.74 bits per heavy atom. The molecule has 2 saturated heterocycles. The monoisotopic (exact) mass is 643 g/mol. The first kappa shape index (κ1) is 32.6. The standard InChI is InChI=1S/C31H35FN8O4.C2H6B/c1-2-23-24(32)5-4-19-14-22(41)15-26(27(19)23)39-17-25-28(30(39)42)29(38-10-3-12-43-13-11-38)35-31(34-25)44-18-20-16-40(37-36-20)21-6-8-33-9-7-21;1-3-2/h4-5,14-16,21,33,41H,2-3,6-13,17-18H2,1H3;1-2H3. The maximum atomic E-state index is 14.9. The molecule has 247 valence electrons. The van der Waals surface area contributed by atoms with E-state index in [1.807, 2.05) is 43.6 Å². The fraction of sp³-hybridized carbons (Fsp3) is 0.485. The molecule has 5 heterocycles. The van der Waals surface area contributed by atoms with Crippen LogP contribution in [-0.2, 0) is 24.3 Å². The normalized spacial score (nSPS) is 16.9. The molecular formula is C33H41BFN8O4. The van der Waals surface area contributed by atoms with E-state index in [1.165, 1.54) is 12.1 Å². The molecule has 0 bridgehead atoms. The van der Waals surface area contributed by atoms with Crippen molar-refractivity contribution >= 4 is 35.5 Å². The van der Waals surface area contributed by atoms with E-state index in [-0.39, 0.29) is 36.6 Å². The van der Waals surface area contributed by atoms with Gasteiger partial charge >= 0.3 is 6.01 Å². The third-order valence-corrected chi connectivity index (χ3v) is 8.60. The summed E-state index contributed by atoms with van der Waals surface area (Å²) in [4.78, 5) is 27.2. The minimum absolute atomic E-state index is 0.0116. The molecule has 0 atom stereocenters. The SMILES string of the molecule is CCc1c(F)ccc2cc(O)cc(N3Cc4nc(OCc5cn(C6CCNCC6)nn5)nc(N5CCCOCC5)c4C3=O)c12.C[B]C. The van der Waals surface area contributed by atoms with Crippen molar-refractivity contribution in [1.29, 1.82) is 0 Å². The number of fused-ring (bicyclic) bond motifs is 2. The summed E-state index contributed by atoms with van der Waals surface area (Å²) in [6, 6.07) is 6.55. The van der Waals surface area contributed by atoms with Crippen molar-refractivity contribution in [2.24, 2.45) is 0 Å². The summed E-state index contributed by atoms with van der Waals surface area (Å²) < 4.78 is 28.6. The Bertz CT molecular complexity index is 1720. The summed E-state index contributed by atoms with van der Waals surface area (Å²) in [6.07, 6.45) is 5.09. The summed E-state index contributed by atoms with van der Waals surface area (Å²) in [5.74, 6) is -0.195.